The molecular formula is C13H12ClNO. The summed E-state index contributed by atoms with van der Waals surface area (Å²) in [5, 5.41) is 2.52. The molecule has 3 heteroatoms. The summed E-state index contributed by atoms with van der Waals surface area (Å²) in [6.07, 6.45) is 0. The Morgan fingerprint density at radius 2 is 2.06 bits per heavy atom. The second kappa shape index (κ2) is 4.24. The molecule has 0 saturated carbocycles. The predicted octanol–water partition coefficient (Wildman–Crippen LogP) is 3.02. The number of halogens is 1. The van der Waals surface area contributed by atoms with E-state index in [2.05, 4.69) is 0 Å². The predicted molar refractivity (Wildman–Crippen MR) is 66.9 cm³/mol. The van der Waals surface area contributed by atoms with E-state index in [1.165, 1.54) is 0 Å². The Labute approximate surface area is 99.0 Å². The third-order valence-electron chi connectivity index (χ3n) is 2.52. The van der Waals surface area contributed by atoms with Gasteiger partial charge in [0.05, 0.1) is 6.04 Å². The van der Waals surface area contributed by atoms with Gasteiger partial charge in [0.1, 0.15) is 0 Å². The second-order valence-electron chi connectivity index (χ2n) is 3.82. The van der Waals surface area contributed by atoms with Gasteiger partial charge in [-0.25, -0.2) is 0 Å². The molecule has 0 radical (unpaired) electrons. The maximum absolute atomic E-state index is 11.9. The van der Waals surface area contributed by atoms with E-state index in [-0.39, 0.29) is 5.78 Å². The SMILES string of the molecule is CC(N)C(=O)c1cccc2cc(Cl)ccc12. The number of ketones is 1. The average molecular weight is 234 g/mol. The third-order valence-corrected chi connectivity index (χ3v) is 2.76. The number of hydrogen-bond acceptors (Lipinski definition) is 2. The largest absolute Gasteiger partial charge is 0.321 e. The monoisotopic (exact) mass is 233 g/mol. The molecule has 2 N–H and O–H groups in total. The van der Waals surface area contributed by atoms with Crippen LogP contribution in [0.1, 0.15) is 17.3 Å². The van der Waals surface area contributed by atoms with E-state index in [9.17, 15) is 4.79 Å². The number of rotatable bonds is 2. The number of fused-ring (bicyclic) bond motifs is 1. The Morgan fingerprint density at radius 1 is 1.31 bits per heavy atom. The number of benzene rings is 2. The first kappa shape index (κ1) is 11.1. The zero-order valence-corrected chi connectivity index (χ0v) is 9.66. The molecule has 2 aromatic rings. The molecule has 0 fully saturated rings. The number of carbonyl (C=O) groups excluding carboxylic acids is 1. The van der Waals surface area contributed by atoms with Gasteiger partial charge in [-0.2, -0.15) is 0 Å². The Balaban J connectivity index is 2.67. The second-order valence-corrected chi connectivity index (χ2v) is 4.26. The van der Waals surface area contributed by atoms with E-state index < -0.39 is 6.04 Å². The maximum atomic E-state index is 11.9. The van der Waals surface area contributed by atoms with Crippen LogP contribution in [0.5, 0.6) is 0 Å². The number of Topliss-reactive ketones (excluding diaryl/α,β-unsaturated/α-hetero) is 1. The summed E-state index contributed by atoms with van der Waals surface area (Å²) in [6, 6.07) is 10.6. The van der Waals surface area contributed by atoms with Crippen LogP contribution >= 0.6 is 11.6 Å². The minimum Gasteiger partial charge on any atom is -0.321 e. The summed E-state index contributed by atoms with van der Waals surface area (Å²) in [6.45, 7) is 1.69. The van der Waals surface area contributed by atoms with E-state index in [1.54, 1.807) is 19.1 Å². The van der Waals surface area contributed by atoms with Crippen LogP contribution in [0.25, 0.3) is 10.8 Å². The fourth-order valence-electron chi connectivity index (χ4n) is 1.71. The highest BCUT2D eigenvalue weighted by atomic mass is 35.5. The van der Waals surface area contributed by atoms with Crippen molar-refractivity contribution in [1.82, 2.24) is 0 Å². The lowest BCUT2D eigenvalue weighted by molar-refractivity contribution is 0.0969. The van der Waals surface area contributed by atoms with E-state index in [4.69, 9.17) is 17.3 Å². The van der Waals surface area contributed by atoms with Gasteiger partial charge in [-0.3, -0.25) is 4.79 Å². The van der Waals surface area contributed by atoms with Crippen LogP contribution in [0.15, 0.2) is 36.4 Å². The number of hydrogen-bond donors (Lipinski definition) is 1. The summed E-state index contributed by atoms with van der Waals surface area (Å²) < 4.78 is 0. The fourth-order valence-corrected chi connectivity index (χ4v) is 1.90. The number of nitrogens with two attached hydrogens (primary N) is 1. The summed E-state index contributed by atoms with van der Waals surface area (Å²) in [7, 11) is 0. The molecule has 0 saturated heterocycles. The molecule has 16 heavy (non-hydrogen) atoms. The molecule has 82 valence electrons. The van der Waals surface area contributed by atoms with Crippen molar-refractivity contribution >= 4 is 28.2 Å². The molecule has 0 aliphatic heterocycles. The molecule has 0 spiro atoms. The van der Waals surface area contributed by atoms with Gasteiger partial charge in [0.2, 0.25) is 0 Å². The van der Waals surface area contributed by atoms with Crippen LogP contribution in [0.4, 0.5) is 0 Å². The standard InChI is InChI=1S/C13H12ClNO/c1-8(15)13(16)12-4-2-3-9-7-10(14)5-6-11(9)12/h2-8H,15H2,1H3. The molecule has 2 nitrogen and oxygen atoms in total. The first-order chi connectivity index (χ1) is 7.59. The van der Waals surface area contributed by atoms with Crippen LogP contribution in [0.2, 0.25) is 5.02 Å². The van der Waals surface area contributed by atoms with E-state index >= 15 is 0 Å². The summed E-state index contributed by atoms with van der Waals surface area (Å²) in [5.41, 5.74) is 6.27. The molecular weight excluding hydrogens is 222 g/mol. The quantitative estimate of drug-likeness (QED) is 0.811. The van der Waals surface area contributed by atoms with Gasteiger partial charge in [-0.05, 0) is 29.8 Å². The van der Waals surface area contributed by atoms with Gasteiger partial charge >= 0.3 is 0 Å². The Morgan fingerprint density at radius 3 is 2.75 bits per heavy atom. The van der Waals surface area contributed by atoms with Gasteiger partial charge in [0.25, 0.3) is 0 Å². The number of carbonyl (C=O) groups is 1. The van der Waals surface area contributed by atoms with Crippen LogP contribution in [0, 0.1) is 0 Å². The van der Waals surface area contributed by atoms with Crippen molar-refractivity contribution in [2.45, 2.75) is 13.0 Å². The highest BCUT2D eigenvalue weighted by Crippen LogP contribution is 2.23. The minimum atomic E-state index is -0.485. The van der Waals surface area contributed by atoms with Gasteiger partial charge < -0.3 is 5.73 Å². The minimum absolute atomic E-state index is 0.0482. The molecule has 1 unspecified atom stereocenters. The molecule has 0 aromatic heterocycles. The first-order valence-electron chi connectivity index (χ1n) is 5.07. The van der Waals surface area contributed by atoms with Gasteiger partial charge in [0, 0.05) is 10.6 Å². The van der Waals surface area contributed by atoms with Crippen molar-refractivity contribution in [3.8, 4) is 0 Å². The van der Waals surface area contributed by atoms with Gasteiger partial charge in [-0.1, -0.05) is 35.9 Å². The summed E-state index contributed by atoms with van der Waals surface area (Å²) in [4.78, 5) is 11.9. The van der Waals surface area contributed by atoms with Crippen molar-refractivity contribution in [1.29, 1.82) is 0 Å². The Bertz CT molecular complexity index is 549. The lowest BCUT2D eigenvalue weighted by Crippen LogP contribution is -2.26. The average Bonchev–Trinajstić information content (AvgIpc) is 2.26. The summed E-state index contributed by atoms with van der Waals surface area (Å²) >= 11 is 5.90. The highest BCUT2D eigenvalue weighted by molar-refractivity contribution is 6.31. The lowest BCUT2D eigenvalue weighted by Gasteiger charge is -2.08. The van der Waals surface area contributed by atoms with Crippen molar-refractivity contribution in [2.24, 2.45) is 5.73 Å². The molecule has 0 aliphatic rings. The fraction of sp³-hybridized carbons (Fsp3) is 0.154. The van der Waals surface area contributed by atoms with Crippen molar-refractivity contribution < 1.29 is 4.79 Å². The molecule has 0 heterocycles. The van der Waals surface area contributed by atoms with Crippen LogP contribution in [-0.4, -0.2) is 11.8 Å². The van der Waals surface area contributed by atoms with E-state index in [1.807, 2.05) is 24.3 Å². The van der Waals surface area contributed by atoms with Gasteiger partial charge in [-0.15, -0.1) is 0 Å². The highest BCUT2D eigenvalue weighted by Gasteiger charge is 2.13. The molecule has 0 bridgehead atoms. The Kier molecular flexibility index (Phi) is 2.95. The first-order valence-corrected chi connectivity index (χ1v) is 5.45. The van der Waals surface area contributed by atoms with Crippen molar-refractivity contribution in [3.63, 3.8) is 0 Å². The smallest absolute Gasteiger partial charge is 0.179 e. The van der Waals surface area contributed by atoms with Crippen molar-refractivity contribution in [3.05, 3.63) is 47.0 Å². The molecule has 2 aromatic carbocycles. The summed E-state index contributed by atoms with van der Waals surface area (Å²) in [5.74, 6) is -0.0482. The normalized spacial score (nSPS) is 12.7. The van der Waals surface area contributed by atoms with E-state index in [0.717, 1.165) is 10.8 Å². The van der Waals surface area contributed by atoms with E-state index in [0.29, 0.717) is 10.6 Å². The third kappa shape index (κ3) is 1.94. The lowest BCUT2D eigenvalue weighted by atomic mass is 9.98. The maximum Gasteiger partial charge on any atom is 0.179 e. The van der Waals surface area contributed by atoms with Crippen LogP contribution < -0.4 is 5.73 Å². The topological polar surface area (TPSA) is 43.1 Å². The zero-order valence-electron chi connectivity index (χ0n) is 8.91. The molecule has 0 amide bonds. The molecule has 1 atom stereocenters. The molecule has 2 rings (SSSR count). The molecule has 0 aliphatic carbocycles. The van der Waals surface area contributed by atoms with Crippen LogP contribution in [-0.2, 0) is 0 Å². The Hall–Kier alpha value is -1.38. The van der Waals surface area contributed by atoms with Gasteiger partial charge in [0.15, 0.2) is 5.78 Å². The van der Waals surface area contributed by atoms with Crippen LogP contribution in [0.3, 0.4) is 0 Å². The zero-order chi connectivity index (χ0) is 11.7. The van der Waals surface area contributed by atoms with Crippen molar-refractivity contribution in [2.75, 3.05) is 0 Å².